The summed E-state index contributed by atoms with van der Waals surface area (Å²) in [5.74, 6) is 5.50. The lowest BCUT2D eigenvalue weighted by atomic mass is 10.0. The van der Waals surface area contributed by atoms with Crippen molar-refractivity contribution >= 4 is 12.0 Å². The summed E-state index contributed by atoms with van der Waals surface area (Å²) in [5.41, 5.74) is 0.600. The van der Waals surface area contributed by atoms with Crippen LogP contribution in [0.4, 0.5) is 4.79 Å². The van der Waals surface area contributed by atoms with E-state index in [1.807, 2.05) is 0 Å². The zero-order valence-corrected chi connectivity index (χ0v) is 10.7. The standard InChI is InChI=1S/C12H15N3O4/c1-3-18-11(16)9-7(2)15(13)12(17)14-10(9)8-5-4-6-19-8/h4-6,10H,3,13H2,1-2H3,(H,14,17)/t10-/m0/s1. The lowest BCUT2D eigenvalue weighted by Crippen LogP contribution is -2.51. The third-order valence-electron chi connectivity index (χ3n) is 2.85. The number of nitrogens with zero attached hydrogens (tertiary/aromatic N) is 1. The van der Waals surface area contributed by atoms with Gasteiger partial charge in [0.15, 0.2) is 0 Å². The van der Waals surface area contributed by atoms with Gasteiger partial charge in [0, 0.05) is 5.70 Å². The van der Waals surface area contributed by atoms with Crippen molar-refractivity contribution in [1.82, 2.24) is 10.3 Å². The number of ether oxygens (including phenoxy) is 1. The van der Waals surface area contributed by atoms with Crippen LogP contribution in [-0.2, 0) is 9.53 Å². The quantitative estimate of drug-likeness (QED) is 0.483. The van der Waals surface area contributed by atoms with Crippen molar-refractivity contribution in [2.24, 2.45) is 5.84 Å². The molecule has 3 N–H and O–H groups in total. The Balaban J connectivity index is 2.45. The van der Waals surface area contributed by atoms with Crippen molar-refractivity contribution in [3.8, 4) is 0 Å². The third kappa shape index (κ3) is 2.32. The summed E-state index contributed by atoms with van der Waals surface area (Å²) in [6, 6.07) is 2.14. The summed E-state index contributed by atoms with van der Waals surface area (Å²) < 4.78 is 10.2. The smallest absolute Gasteiger partial charge is 0.338 e. The van der Waals surface area contributed by atoms with Gasteiger partial charge in [0.1, 0.15) is 11.8 Å². The number of esters is 1. The second-order valence-electron chi connectivity index (χ2n) is 3.99. The topological polar surface area (TPSA) is 97.8 Å². The Labute approximate surface area is 110 Å². The maximum Gasteiger partial charge on any atom is 0.338 e. The zero-order valence-electron chi connectivity index (χ0n) is 10.7. The first-order valence-corrected chi connectivity index (χ1v) is 5.82. The van der Waals surface area contributed by atoms with E-state index in [1.165, 1.54) is 6.26 Å². The van der Waals surface area contributed by atoms with Gasteiger partial charge in [-0.1, -0.05) is 0 Å². The second kappa shape index (κ2) is 5.15. The summed E-state index contributed by atoms with van der Waals surface area (Å²) >= 11 is 0. The first-order valence-electron chi connectivity index (χ1n) is 5.82. The van der Waals surface area contributed by atoms with E-state index in [0.29, 0.717) is 11.5 Å². The number of rotatable bonds is 3. The van der Waals surface area contributed by atoms with E-state index in [9.17, 15) is 9.59 Å². The molecular weight excluding hydrogens is 250 g/mol. The molecule has 2 rings (SSSR count). The highest BCUT2D eigenvalue weighted by molar-refractivity contribution is 5.94. The predicted molar refractivity (Wildman–Crippen MR) is 65.3 cm³/mol. The van der Waals surface area contributed by atoms with Crippen molar-refractivity contribution in [1.29, 1.82) is 0 Å². The van der Waals surface area contributed by atoms with Crippen LogP contribution in [0.1, 0.15) is 25.6 Å². The van der Waals surface area contributed by atoms with Crippen molar-refractivity contribution in [2.45, 2.75) is 19.9 Å². The molecule has 102 valence electrons. The van der Waals surface area contributed by atoms with Crippen molar-refractivity contribution in [2.75, 3.05) is 6.61 Å². The van der Waals surface area contributed by atoms with Crippen LogP contribution in [0.25, 0.3) is 0 Å². The number of carbonyl (C=O) groups excluding carboxylic acids is 2. The van der Waals surface area contributed by atoms with E-state index in [2.05, 4.69) is 5.32 Å². The fraction of sp³-hybridized carbons (Fsp3) is 0.333. The minimum atomic E-state index is -0.693. The summed E-state index contributed by atoms with van der Waals surface area (Å²) in [5, 5.41) is 3.48. The van der Waals surface area contributed by atoms with Gasteiger partial charge in [0.05, 0.1) is 18.4 Å². The van der Waals surface area contributed by atoms with Crippen LogP contribution in [0.15, 0.2) is 34.1 Å². The molecule has 1 aromatic heterocycles. The summed E-state index contributed by atoms with van der Waals surface area (Å²) in [6.07, 6.45) is 1.47. The molecule has 7 nitrogen and oxygen atoms in total. The molecule has 0 saturated heterocycles. The van der Waals surface area contributed by atoms with Crippen LogP contribution in [0, 0.1) is 0 Å². The first kappa shape index (κ1) is 13.2. The molecule has 0 spiro atoms. The van der Waals surface area contributed by atoms with Gasteiger partial charge < -0.3 is 14.5 Å². The number of carbonyl (C=O) groups is 2. The molecule has 0 unspecified atom stereocenters. The van der Waals surface area contributed by atoms with Gasteiger partial charge in [-0.15, -0.1) is 0 Å². The average molecular weight is 265 g/mol. The van der Waals surface area contributed by atoms with E-state index >= 15 is 0 Å². The number of nitrogens with two attached hydrogens (primary N) is 1. The molecule has 0 aliphatic carbocycles. The second-order valence-corrected chi connectivity index (χ2v) is 3.99. The molecule has 1 aliphatic rings. The Morgan fingerprint density at radius 2 is 2.37 bits per heavy atom. The Bertz CT molecular complexity index is 521. The molecule has 0 saturated carbocycles. The maximum atomic E-state index is 12.0. The lowest BCUT2D eigenvalue weighted by molar-refractivity contribution is -0.139. The Morgan fingerprint density at radius 1 is 1.63 bits per heavy atom. The molecular formula is C12H15N3O4. The number of furan rings is 1. The molecule has 0 fully saturated rings. The third-order valence-corrected chi connectivity index (χ3v) is 2.85. The molecule has 1 atom stereocenters. The molecule has 0 aromatic carbocycles. The Morgan fingerprint density at radius 3 is 2.95 bits per heavy atom. The SMILES string of the molecule is CCOC(=O)C1=C(C)N(N)C(=O)N[C@H]1c1ccco1. The normalized spacial score (nSPS) is 19.4. The largest absolute Gasteiger partial charge is 0.467 e. The zero-order chi connectivity index (χ0) is 14.0. The van der Waals surface area contributed by atoms with Gasteiger partial charge in [0.2, 0.25) is 0 Å². The maximum absolute atomic E-state index is 12.0. The van der Waals surface area contributed by atoms with Gasteiger partial charge in [-0.05, 0) is 26.0 Å². The van der Waals surface area contributed by atoms with Crippen LogP contribution in [0.2, 0.25) is 0 Å². The Hall–Kier alpha value is -2.28. The molecule has 1 aromatic rings. The van der Waals surface area contributed by atoms with Crippen molar-refractivity contribution in [3.63, 3.8) is 0 Å². The molecule has 0 bridgehead atoms. The molecule has 2 heterocycles. The first-order chi connectivity index (χ1) is 9.06. The van der Waals surface area contributed by atoms with E-state index in [-0.39, 0.29) is 12.2 Å². The number of hydrazine groups is 1. The summed E-state index contributed by atoms with van der Waals surface area (Å²) in [6.45, 7) is 3.53. The average Bonchev–Trinajstić information content (AvgIpc) is 2.89. The van der Waals surface area contributed by atoms with E-state index in [0.717, 1.165) is 5.01 Å². The number of hydrogen-bond acceptors (Lipinski definition) is 5. The van der Waals surface area contributed by atoms with Gasteiger partial charge in [-0.2, -0.15) is 0 Å². The molecule has 2 amide bonds. The van der Waals surface area contributed by atoms with Crippen LogP contribution in [-0.4, -0.2) is 23.6 Å². The molecule has 7 heteroatoms. The number of nitrogens with one attached hydrogen (secondary N) is 1. The van der Waals surface area contributed by atoms with E-state index in [4.69, 9.17) is 15.0 Å². The molecule has 1 aliphatic heterocycles. The number of amides is 2. The number of allylic oxidation sites excluding steroid dienone is 1. The van der Waals surface area contributed by atoms with Crippen LogP contribution in [0.5, 0.6) is 0 Å². The van der Waals surface area contributed by atoms with E-state index < -0.39 is 18.0 Å². The minimum absolute atomic E-state index is 0.235. The Kier molecular flexibility index (Phi) is 3.57. The number of hydrogen-bond donors (Lipinski definition) is 2. The number of urea groups is 1. The van der Waals surface area contributed by atoms with E-state index in [1.54, 1.807) is 26.0 Å². The van der Waals surface area contributed by atoms with Gasteiger partial charge in [-0.25, -0.2) is 20.4 Å². The van der Waals surface area contributed by atoms with Gasteiger partial charge >= 0.3 is 12.0 Å². The minimum Gasteiger partial charge on any atom is -0.467 e. The fourth-order valence-corrected chi connectivity index (χ4v) is 1.90. The van der Waals surface area contributed by atoms with Crippen molar-refractivity contribution < 1.29 is 18.7 Å². The van der Waals surface area contributed by atoms with Crippen molar-refractivity contribution in [3.05, 3.63) is 35.4 Å². The van der Waals surface area contributed by atoms with Gasteiger partial charge in [-0.3, -0.25) is 0 Å². The highest BCUT2D eigenvalue weighted by Crippen LogP contribution is 2.30. The van der Waals surface area contributed by atoms with Crippen LogP contribution in [0.3, 0.4) is 0 Å². The highest BCUT2D eigenvalue weighted by Gasteiger charge is 2.36. The molecule has 0 radical (unpaired) electrons. The summed E-state index contributed by atoms with van der Waals surface area (Å²) in [4.78, 5) is 23.7. The monoisotopic (exact) mass is 265 g/mol. The highest BCUT2D eigenvalue weighted by atomic mass is 16.5. The fourth-order valence-electron chi connectivity index (χ4n) is 1.90. The summed E-state index contributed by atoms with van der Waals surface area (Å²) in [7, 11) is 0. The van der Waals surface area contributed by atoms with Crippen LogP contribution >= 0.6 is 0 Å². The van der Waals surface area contributed by atoms with Crippen LogP contribution < -0.4 is 11.2 Å². The van der Waals surface area contributed by atoms with Gasteiger partial charge in [0.25, 0.3) is 0 Å². The molecule has 19 heavy (non-hydrogen) atoms. The lowest BCUT2D eigenvalue weighted by Gasteiger charge is -2.31. The predicted octanol–water partition coefficient (Wildman–Crippen LogP) is 1.06.